The largest absolute Gasteiger partial charge is 0.351 e. The van der Waals surface area contributed by atoms with E-state index in [0.717, 1.165) is 5.95 Å². The number of hydrogen-bond donors (Lipinski definition) is 2. The Balaban J connectivity index is 2.25. The zero-order valence-corrected chi connectivity index (χ0v) is 11.6. The minimum atomic E-state index is -0.0535. The van der Waals surface area contributed by atoms with Crippen LogP contribution in [0, 0.1) is 4.77 Å². The van der Waals surface area contributed by atoms with Gasteiger partial charge in [-0.05, 0) is 45.8 Å². The van der Waals surface area contributed by atoms with Crippen molar-refractivity contribution in [2.24, 2.45) is 0 Å². The maximum atomic E-state index is 5.09. The van der Waals surface area contributed by atoms with Gasteiger partial charge in [0.1, 0.15) is 0 Å². The number of anilines is 2. The van der Waals surface area contributed by atoms with E-state index in [-0.39, 0.29) is 5.54 Å². The molecule has 2 rings (SSSR count). The van der Waals surface area contributed by atoms with Crippen LogP contribution in [-0.2, 0) is 0 Å². The minimum Gasteiger partial charge on any atom is -0.351 e. The molecule has 1 saturated carbocycles. The van der Waals surface area contributed by atoms with Crippen LogP contribution < -0.4 is 10.2 Å². The molecule has 6 heteroatoms. The van der Waals surface area contributed by atoms with Gasteiger partial charge in [0.25, 0.3) is 0 Å². The minimum absolute atomic E-state index is 0.0535. The van der Waals surface area contributed by atoms with Crippen LogP contribution in [0.4, 0.5) is 11.9 Å². The molecule has 2 N–H and O–H groups in total. The standard InChI is InChI=1S/C11H19N5S/c1-11(2,3)15-8-12-9(14-10(17)13-8)16(4)7-5-6-7/h7H,5-6H2,1-4H3,(H2,12,13,14,15,17). The molecular formula is C11H19N5S. The molecular weight excluding hydrogens is 234 g/mol. The fourth-order valence-electron chi connectivity index (χ4n) is 1.59. The van der Waals surface area contributed by atoms with Crippen LogP contribution in [0.3, 0.4) is 0 Å². The van der Waals surface area contributed by atoms with Crippen molar-refractivity contribution in [3.8, 4) is 0 Å². The summed E-state index contributed by atoms with van der Waals surface area (Å²) in [7, 11) is 2.03. The summed E-state index contributed by atoms with van der Waals surface area (Å²) >= 11 is 5.09. The van der Waals surface area contributed by atoms with Crippen molar-refractivity contribution in [2.75, 3.05) is 17.3 Å². The Morgan fingerprint density at radius 3 is 2.53 bits per heavy atom. The Labute approximate surface area is 107 Å². The van der Waals surface area contributed by atoms with Crippen molar-refractivity contribution in [1.29, 1.82) is 0 Å². The SMILES string of the molecule is CN(c1nc(=S)nc(NC(C)(C)C)[nH]1)C1CC1. The molecule has 0 amide bonds. The number of aromatic nitrogens is 3. The maximum Gasteiger partial charge on any atom is 0.225 e. The van der Waals surface area contributed by atoms with Crippen LogP contribution in [-0.4, -0.2) is 33.6 Å². The molecule has 1 aliphatic carbocycles. The highest BCUT2D eigenvalue weighted by Crippen LogP contribution is 2.28. The first kappa shape index (κ1) is 12.3. The molecule has 1 heterocycles. The molecule has 0 atom stereocenters. The normalized spacial score (nSPS) is 15.8. The van der Waals surface area contributed by atoms with Crippen molar-refractivity contribution in [3.63, 3.8) is 0 Å². The van der Waals surface area contributed by atoms with E-state index in [1.54, 1.807) is 0 Å². The lowest BCUT2D eigenvalue weighted by Crippen LogP contribution is -2.29. The maximum absolute atomic E-state index is 5.09. The van der Waals surface area contributed by atoms with E-state index < -0.39 is 0 Å². The number of rotatable bonds is 3. The Morgan fingerprint density at radius 2 is 2.00 bits per heavy atom. The predicted octanol–water partition coefficient (Wildman–Crippen LogP) is 2.34. The average molecular weight is 253 g/mol. The predicted molar refractivity (Wildman–Crippen MR) is 72.0 cm³/mol. The second kappa shape index (κ2) is 4.25. The van der Waals surface area contributed by atoms with Gasteiger partial charge >= 0.3 is 0 Å². The fourth-order valence-corrected chi connectivity index (χ4v) is 1.77. The molecule has 0 aliphatic heterocycles. The second-order valence-electron chi connectivity index (χ2n) is 5.52. The van der Waals surface area contributed by atoms with Crippen molar-refractivity contribution in [2.45, 2.75) is 45.2 Å². The fraction of sp³-hybridized carbons (Fsp3) is 0.727. The van der Waals surface area contributed by atoms with Crippen molar-refractivity contribution >= 4 is 24.1 Å². The first-order valence-electron chi connectivity index (χ1n) is 5.84. The monoisotopic (exact) mass is 253 g/mol. The van der Waals surface area contributed by atoms with E-state index in [1.807, 2.05) is 7.05 Å². The van der Waals surface area contributed by atoms with Gasteiger partial charge in [0.15, 0.2) is 0 Å². The van der Waals surface area contributed by atoms with Gasteiger partial charge in [-0.1, -0.05) is 0 Å². The third kappa shape index (κ3) is 3.39. The molecule has 0 radical (unpaired) electrons. The smallest absolute Gasteiger partial charge is 0.225 e. The van der Waals surface area contributed by atoms with Crippen LogP contribution in [0.5, 0.6) is 0 Å². The summed E-state index contributed by atoms with van der Waals surface area (Å²) in [6.07, 6.45) is 2.45. The molecule has 1 aromatic heterocycles. The number of nitrogens with zero attached hydrogens (tertiary/aromatic N) is 3. The van der Waals surface area contributed by atoms with E-state index in [0.29, 0.717) is 16.8 Å². The summed E-state index contributed by atoms with van der Waals surface area (Å²) in [5, 5.41) is 3.28. The number of H-pyrrole nitrogens is 1. The molecule has 17 heavy (non-hydrogen) atoms. The van der Waals surface area contributed by atoms with Gasteiger partial charge in [-0.25, -0.2) is 0 Å². The molecule has 1 aliphatic rings. The molecule has 0 aromatic carbocycles. The molecule has 1 fully saturated rings. The van der Waals surface area contributed by atoms with Crippen molar-refractivity contribution in [1.82, 2.24) is 15.0 Å². The first-order chi connectivity index (χ1) is 7.85. The molecule has 94 valence electrons. The summed E-state index contributed by atoms with van der Waals surface area (Å²) in [5.74, 6) is 1.47. The van der Waals surface area contributed by atoms with E-state index in [2.05, 4.69) is 45.9 Å². The number of aromatic amines is 1. The average Bonchev–Trinajstić information content (AvgIpc) is 2.95. The number of hydrogen-bond acceptors (Lipinski definition) is 5. The summed E-state index contributed by atoms with van der Waals surface area (Å²) in [6, 6.07) is 0.595. The molecule has 0 unspecified atom stereocenters. The van der Waals surface area contributed by atoms with Crippen LogP contribution in [0.1, 0.15) is 33.6 Å². The molecule has 1 aromatic rings. The molecule has 5 nitrogen and oxygen atoms in total. The van der Waals surface area contributed by atoms with Gasteiger partial charge in [-0.15, -0.1) is 0 Å². The van der Waals surface area contributed by atoms with Gasteiger partial charge in [0, 0.05) is 18.6 Å². The zero-order chi connectivity index (χ0) is 12.6. The van der Waals surface area contributed by atoms with Gasteiger partial charge < -0.3 is 10.2 Å². The van der Waals surface area contributed by atoms with Gasteiger partial charge in [-0.2, -0.15) is 9.97 Å². The lowest BCUT2D eigenvalue weighted by Gasteiger charge is -2.23. The quantitative estimate of drug-likeness (QED) is 0.810. The lowest BCUT2D eigenvalue weighted by atomic mass is 10.1. The van der Waals surface area contributed by atoms with Gasteiger partial charge in [0.2, 0.25) is 16.7 Å². The van der Waals surface area contributed by atoms with E-state index in [9.17, 15) is 0 Å². The Bertz CT molecular complexity index is 458. The van der Waals surface area contributed by atoms with Crippen molar-refractivity contribution in [3.05, 3.63) is 4.77 Å². The Hall–Kier alpha value is -1.17. The Morgan fingerprint density at radius 1 is 1.35 bits per heavy atom. The summed E-state index contributed by atoms with van der Waals surface area (Å²) in [4.78, 5) is 13.8. The van der Waals surface area contributed by atoms with Crippen LogP contribution in [0.25, 0.3) is 0 Å². The summed E-state index contributed by atoms with van der Waals surface area (Å²) < 4.78 is 0.373. The van der Waals surface area contributed by atoms with Crippen LogP contribution >= 0.6 is 12.2 Å². The molecule has 0 bridgehead atoms. The highest BCUT2D eigenvalue weighted by Gasteiger charge is 2.28. The van der Waals surface area contributed by atoms with E-state index >= 15 is 0 Å². The number of nitrogens with one attached hydrogen (secondary N) is 2. The summed E-state index contributed by atoms with van der Waals surface area (Å²) in [5.41, 5.74) is -0.0535. The lowest BCUT2D eigenvalue weighted by molar-refractivity contribution is 0.624. The highest BCUT2D eigenvalue weighted by atomic mass is 32.1. The van der Waals surface area contributed by atoms with E-state index in [4.69, 9.17) is 12.2 Å². The summed E-state index contributed by atoms with van der Waals surface area (Å²) in [6.45, 7) is 6.24. The van der Waals surface area contributed by atoms with E-state index in [1.165, 1.54) is 12.8 Å². The topological polar surface area (TPSA) is 56.8 Å². The highest BCUT2D eigenvalue weighted by molar-refractivity contribution is 7.71. The first-order valence-corrected chi connectivity index (χ1v) is 6.25. The van der Waals surface area contributed by atoms with Gasteiger partial charge in [-0.3, -0.25) is 4.98 Å². The van der Waals surface area contributed by atoms with Gasteiger partial charge in [0.05, 0.1) is 0 Å². The second-order valence-corrected chi connectivity index (χ2v) is 5.89. The van der Waals surface area contributed by atoms with Crippen LogP contribution in [0.2, 0.25) is 0 Å². The van der Waals surface area contributed by atoms with Crippen molar-refractivity contribution < 1.29 is 0 Å². The van der Waals surface area contributed by atoms with Crippen LogP contribution in [0.15, 0.2) is 0 Å². The zero-order valence-electron chi connectivity index (χ0n) is 10.7. The molecule has 0 saturated heterocycles. The third-order valence-corrected chi connectivity index (χ3v) is 2.74. The molecule has 0 spiro atoms. The third-order valence-electron chi connectivity index (χ3n) is 2.56. The Kier molecular flexibility index (Phi) is 3.07.